The van der Waals surface area contributed by atoms with E-state index in [0.717, 1.165) is 54.9 Å². The van der Waals surface area contributed by atoms with Gasteiger partial charge in [-0.05, 0) is 37.5 Å². The van der Waals surface area contributed by atoms with Crippen LogP contribution in [0.4, 0.5) is 5.95 Å². The van der Waals surface area contributed by atoms with Crippen molar-refractivity contribution in [3.63, 3.8) is 0 Å². The average molecular weight is 432 g/mol. The van der Waals surface area contributed by atoms with Crippen LogP contribution in [0.5, 0.6) is 5.75 Å². The summed E-state index contributed by atoms with van der Waals surface area (Å²) in [6.07, 6.45) is 2.16. The minimum absolute atomic E-state index is 0.150. The van der Waals surface area contributed by atoms with E-state index in [4.69, 9.17) is 9.47 Å². The normalized spacial score (nSPS) is 16.5. The highest BCUT2D eigenvalue weighted by molar-refractivity contribution is 7.99. The summed E-state index contributed by atoms with van der Waals surface area (Å²) in [6.45, 7) is 6.54. The van der Waals surface area contributed by atoms with Crippen LogP contribution in [-0.4, -0.2) is 70.8 Å². The van der Waals surface area contributed by atoms with Crippen LogP contribution in [0.25, 0.3) is 0 Å². The minimum atomic E-state index is 0.150. The molecule has 0 atom stereocenters. The second-order valence-corrected chi connectivity index (χ2v) is 8.46. The van der Waals surface area contributed by atoms with Gasteiger partial charge in [0.1, 0.15) is 5.75 Å². The summed E-state index contributed by atoms with van der Waals surface area (Å²) in [4.78, 5) is 17.2. The number of nitrogens with zero attached hydrogens (tertiary/aromatic N) is 5. The lowest BCUT2D eigenvalue weighted by Gasteiger charge is -2.27. The Morgan fingerprint density at radius 3 is 2.60 bits per heavy atom. The molecule has 1 saturated carbocycles. The van der Waals surface area contributed by atoms with Crippen molar-refractivity contribution in [1.29, 1.82) is 0 Å². The van der Waals surface area contributed by atoms with Crippen molar-refractivity contribution in [2.75, 3.05) is 44.1 Å². The van der Waals surface area contributed by atoms with E-state index < -0.39 is 0 Å². The van der Waals surface area contributed by atoms with E-state index in [2.05, 4.69) is 26.6 Å². The number of carbonyl (C=O) groups is 1. The summed E-state index contributed by atoms with van der Waals surface area (Å²) < 4.78 is 12.8. The lowest BCUT2D eigenvalue weighted by atomic mass is 10.2. The first-order chi connectivity index (χ1) is 14.7. The summed E-state index contributed by atoms with van der Waals surface area (Å²) in [6, 6.07) is 8.29. The lowest BCUT2D eigenvalue weighted by molar-refractivity contribution is -0.129. The second-order valence-electron chi connectivity index (χ2n) is 7.52. The van der Waals surface area contributed by atoms with Gasteiger partial charge >= 0.3 is 0 Å². The van der Waals surface area contributed by atoms with Crippen LogP contribution in [-0.2, 0) is 22.6 Å². The molecular formula is C21H29N5O3S. The highest BCUT2D eigenvalue weighted by atomic mass is 32.2. The van der Waals surface area contributed by atoms with E-state index in [1.807, 2.05) is 29.2 Å². The Morgan fingerprint density at radius 2 is 1.97 bits per heavy atom. The third-order valence-corrected chi connectivity index (χ3v) is 6.40. The number of benzene rings is 1. The maximum atomic E-state index is 13.0. The molecule has 0 unspecified atom stereocenters. The number of methoxy groups -OCH3 is 1. The van der Waals surface area contributed by atoms with Crippen LogP contribution < -0.4 is 9.64 Å². The number of morpholine rings is 1. The van der Waals surface area contributed by atoms with Gasteiger partial charge in [-0.15, -0.1) is 10.2 Å². The lowest BCUT2D eigenvalue weighted by Crippen LogP contribution is -2.38. The molecular weight excluding hydrogens is 402 g/mol. The number of carbonyl (C=O) groups excluding carboxylic acids is 1. The zero-order chi connectivity index (χ0) is 20.9. The SMILES string of the molecule is CCn1c(SCC(=O)N(Cc2ccc(OC)cc2)C2CC2)nnc1N1CCOCC1. The number of rotatable bonds is 9. The Balaban J connectivity index is 1.39. The van der Waals surface area contributed by atoms with Crippen LogP contribution in [0.2, 0.25) is 0 Å². The fourth-order valence-corrected chi connectivity index (χ4v) is 4.49. The van der Waals surface area contributed by atoms with Crippen LogP contribution in [0, 0.1) is 0 Å². The van der Waals surface area contributed by atoms with Gasteiger partial charge < -0.3 is 19.3 Å². The molecule has 1 amide bonds. The standard InChI is InChI=1S/C21H29N5O3S/c1-3-25-20(24-10-12-29-13-11-24)22-23-21(25)30-15-19(27)26(17-6-7-17)14-16-4-8-18(28-2)9-5-16/h4-5,8-9,17H,3,6-7,10-15H2,1-2H3. The van der Waals surface area contributed by atoms with Crippen molar-refractivity contribution in [3.05, 3.63) is 29.8 Å². The van der Waals surface area contributed by atoms with Crippen molar-refractivity contribution in [1.82, 2.24) is 19.7 Å². The highest BCUT2D eigenvalue weighted by Gasteiger charge is 2.32. The van der Waals surface area contributed by atoms with Gasteiger partial charge in [0, 0.05) is 32.2 Å². The van der Waals surface area contributed by atoms with Crippen LogP contribution >= 0.6 is 11.8 Å². The van der Waals surface area contributed by atoms with Crippen LogP contribution in [0.1, 0.15) is 25.3 Å². The first-order valence-corrected chi connectivity index (χ1v) is 11.5. The number of amides is 1. The Kier molecular flexibility index (Phi) is 6.79. The molecule has 0 N–H and O–H groups in total. The average Bonchev–Trinajstić information content (AvgIpc) is 3.55. The molecule has 162 valence electrons. The molecule has 2 fully saturated rings. The molecule has 0 radical (unpaired) electrons. The zero-order valence-electron chi connectivity index (χ0n) is 17.6. The molecule has 2 aliphatic rings. The molecule has 0 bridgehead atoms. The smallest absolute Gasteiger partial charge is 0.233 e. The van der Waals surface area contributed by atoms with Gasteiger partial charge in [-0.3, -0.25) is 9.36 Å². The Labute approximate surface area is 181 Å². The predicted octanol–water partition coefficient (Wildman–Crippen LogP) is 2.43. The molecule has 2 aromatic rings. The van der Waals surface area contributed by atoms with E-state index in [9.17, 15) is 4.79 Å². The number of anilines is 1. The molecule has 1 saturated heterocycles. The van der Waals surface area contributed by atoms with Gasteiger partial charge in [-0.25, -0.2) is 0 Å². The zero-order valence-corrected chi connectivity index (χ0v) is 18.4. The molecule has 0 spiro atoms. The first-order valence-electron chi connectivity index (χ1n) is 10.5. The summed E-state index contributed by atoms with van der Waals surface area (Å²) >= 11 is 1.47. The molecule has 8 nitrogen and oxygen atoms in total. The van der Waals surface area contributed by atoms with E-state index in [0.29, 0.717) is 31.6 Å². The van der Waals surface area contributed by atoms with Gasteiger partial charge in [0.15, 0.2) is 5.16 Å². The largest absolute Gasteiger partial charge is 0.497 e. The van der Waals surface area contributed by atoms with Gasteiger partial charge in [0.05, 0.1) is 26.1 Å². The van der Waals surface area contributed by atoms with Crippen molar-refractivity contribution in [2.45, 2.75) is 44.1 Å². The molecule has 9 heteroatoms. The third kappa shape index (κ3) is 4.89. The Bertz CT molecular complexity index is 847. The molecule has 1 aromatic carbocycles. The summed E-state index contributed by atoms with van der Waals surface area (Å²) in [5, 5.41) is 9.56. The molecule has 1 aromatic heterocycles. The minimum Gasteiger partial charge on any atom is -0.497 e. The van der Waals surface area contributed by atoms with Gasteiger partial charge in [0.2, 0.25) is 11.9 Å². The number of ether oxygens (including phenoxy) is 2. The first kappa shape index (κ1) is 21.0. The Hall–Kier alpha value is -2.26. The van der Waals surface area contributed by atoms with E-state index >= 15 is 0 Å². The monoisotopic (exact) mass is 431 g/mol. The fourth-order valence-electron chi connectivity index (χ4n) is 3.61. The van der Waals surface area contributed by atoms with Crippen molar-refractivity contribution in [3.8, 4) is 5.75 Å². The third-order valence-electron chi connectivity index (χ3n) is 5.45. The summed E-state index contributed by atoms with van der Waals surface area (Å²) in [5.74, 6) is 2.21. The number of aromatic nitrogens is 3. The van der Waals surface area contributed by atoms with Crippen LogP contribution in [0.3, 0.4) is 0 Å². The molecule has 1 aliphatic carbocycles. The molecule has 2 heterocycles. The van der Waals surface area contributed by atoms with Gasteiger partial charge in [0.25, 0.3) is 0 Å². The summed E-state index contributed by atoms with van der Waals surface area (Å²) in [7, 11) is 1.66. The quantitative estimate of drug-likeness (QED) is 0.565. The van der Waals surface area contributed by atoms with E-state index in [-0.39, 0.29) is 5.91 Å². The summed E-state index contributed by atoms with van der Waals surface area (Å²) in [5.41, 5.74) is 1.12. The van der Waals surface area contributed by atoms with E-state index in [1.165, 1.54) is 11.8 Å². The maximum Gasteiger partial charge on any atom is 0.233 e. The maximum absolute atomic E-state index is 13.0. The van der Waals surface area contributed by atoms with Crippen molar-refractivity contribution >= 4 is 23.6 Å². The number of hydrogen-bond acceptors (Lipinski definition) is 7. The van der Waals surface area contributed by atoms with Gasteiger partial charge in [-0.2, -0.15) is 0 Å². The number of hydrogen-bond donors (Lipinski definition) is 0. The predicted molar refractivity (Wildman–Crippen MR) is 116 cm³/mol. The molecule has 30 heavy (non-hydrogen) atoms. The topological polar surface area (TPSA) is 72.7 Å². The molecule has 1 aliphatic heterocycles. The highest BCUT2D eigenvalue weighted by Crippen LogP contribution is 2.30. The number of thioether (sulfide) groups is 1. The van der Waals surface area contributed by atoms with Gasteiger partial charge in [-0.1, -0.05) is 23.9 Å². The fraction of sp³-hybridized carbons (Fsp3) is 0.571. The van der Waals surface area contributed by atoms with E-state index in [1.54, 1.807) is 7.11 Å². The van der Waals surface area contributed by atoms with Crippen molar-refractivity contribution < 1.29 is 14.3 Å². The second kappa shape index (κ2) is 9.70. The van der Waals surface area contributed by atoms with Crippen LogP contribution in [0.15, 0.2) is 29.4 Å². The van der Waals surface area contributed by atoms with Crippen molar-refractivity contribution in [2.24, 2.45) is 0 Å². The Morgan fingerprint density at radius 1 is 1.23 bits per heavy atom. The molecule has 4 rings (SSSR count).